The molecular weight excluding hydrogens is 374 g/mol. The van der Waals surface area contributed by atoms with E-state index in [1.54, 1.807) is 0 Å². The van der Waals surface area contributed by atoms with Crippen LogP contribution in [-0.4, -0.2) is 60.4 Å². The van der Waals surface area contributed by atoms with Crippen LogP contribution in [0.3, 0.4) is 0 Å². The van der Waals surface area contributed by atoms with Crippen molar-refractivity contribution in [1.82, 2.24) is 9.80 Å². The van der Waals surface area contributed by atoms with Crippen LogP contribution < -0.4 is 4.90 Å². The predicted octanol–water partition coefficient (Wildman–Crippen LogP) is 4.22. The number of carbonyl (C=O) groups is 2. The van der Waals surface area contributed by atoms with E-state index in [-0.39, 0.29) is 11.8 Å². The van der Waals surface area contributed by atoms with Gasteiger partial charge in [-0.1, -0.05) is 17.7 Å². The molecule has 0 N–H and O–H groups in total. The normalized spacial score (nSPS) is 14.6. The molecule has 2 amide bonds. The molecule has 0 aromatic heterocycles. The summed E-state index contributed by atoms with van der Waals surface area (Å²) in [5.41, 5.74) is 3.64. The molecule has 160 valence electrons. The van der Waals surface area contributed by atoms with E-state index < -0.39 is 0 Å². The fraction of sp³-hybridized carbons (Fsp3) is 0.440. The molecule has 0 bridgehead atoms. The number of anilines is 1. The standard InChI is InChI=1S/C25H33N3O2/c1-5-28(19(2)3)23-12-10-21(11-13-23)24(29)26-14-7-15-27(17-16-26)25(30)22-9-6-8-20(4)18-22/h6,8-13,18-19H,5,7,14-17H2,1-4H3. The zero-order valence-corrected chi connectivity index (χ0v) is 18.6. The Hall–Kier alpha value is -2.82. The fourth-order valence-electron chi connectivity index (χ4n) is 4.11. The average Bonchev–Trinajstić information content (AvgIpc) is 3.00. The first kappa shape index (κ1) is 21.9. The maximum atomic E-state index is 13.0. The zero-order chi connectivity index (χ0) is 21.7. The molecule has 1 aliphatic rings. The first-order chi connectivity index (χ1) is 14.4. The third kappa shape index (κ3) is 5.02. The van der Waals surface area contributed by atoms with E-state index in [9.17, 15) is 9.59 Å². The molecule has 5 nitrogen and oxygen atoms in total. The smallest absolute Gasteiger partial charge is 0.253 e. The first-order valence-electron chi connectivity index (χ1n) is 10.9. The highest BCUT2D eigenvalue weighted by atomic mass is 16.2. The van der Waals surface area contributed by atoms with Crippen LogP contribution in [0, 0.1) is 6.92 Å². The summed E-state index contributed by atoms with van der Waals surface area (Å²) < 4.78 is 0. The number of aryl methyl sites for hydroxylation is 1. The van der Waals surface area contributed by atoms with E-state index in [0.717, 1.165) is 29.8 Å². The Morgan fingerprint density at radius 2 is 1.50 bits per heavy atom. The summed E-state index contributed by atoms with van der Waals surface area (Å²) in [7, 11) is 0. The van der Waals surface area contributed by atoms with Gasteiger partial charge in [-0.15, -0.1) is 0 Å². The monoisotopic (exact) mass is 407 g/mol. The lowest BCUT2D eigenvalue weighted by atomic mass is 10.1. The Labute approximate surface area is 180 Å². The van der Waals surface area contributed by atoms with Gasteiger partial charge in [0.15, 0.2) is 0 Å². The van der Waals surface area contributed by atoms with E-state index in [0.29, 0.717) is 37.8 Å². The number of nitrogens with zero attached hydrogens (tertiary/aromatic N) is 3. The molecule has 0 saturated carbocycles. The van der Waals surface area contributed by atoms with E-state index >= 15 is 0 Å². The molecule has 2 aromatic carbocycles. The predicted molar refractivity (Wildman–Crippen MR) is 122 cm³/mol. The molecule has 2 aromatic rings. The Kier molecular flexibility index (Phi) is 7.14. The Morgan fingerprint density at radius 1 is 0.900 bits per heavy atom. The fourth-order valence-corrected chi connectivity index (χ4v) is 4.11. The molecule has 1 heterocycles. The first-order valence-corrected chi connectivity index (χ1v) is 10.9. The molecule has 1 fully saturated rings. The van der Waals surface area contributed by atoms with E-state index in [4.69, 9.17) is 0 Å². The van der Waals surface area contributed by atoms with Crippen molar-refractivity contribution < 1.29 is 9.59 Å². The van der Waals surface area contributed by atoms with E-state index in [2.05, 4.69) is 25.7 Å². The van der Waals surface area contributed by atoms with Gasteiger partial charge in [-0.3, -0.25) is 9.59 Å². The molecule has 30 heavy (non-hydrogen) atoms. The summed E-state index contributed by atoms with van der Waals surface area (Å²) in [4.78, 5) is 31.9. The minimum Gasteiger partial charge on any atom is -0.369 e. The molecule has 0 unspecified atom stereocenters. The van der Waals surface area contributed by atoms with Crippen LogP contribution in [0.5, 0.6) is 0 Å². The van der Waals surface area contributed by atoms with Crippen LogP contribution in [0.2, 0.25) is 0 Å². The van der Waals surface area contributed by atoms with Gasteiger partial charge in [-0.2, -0.15) is 0 Å². The largest absolute Gasteiger partial charge is 0.369 e. The van der Waals surface area contributed by atoms with Crippen LogP contribution >= 0.6 is 0 Å². The third-order valence-electron chi connectivity index (χ3n) is 5.75. The summed E-state index contributed by atoms with van der Waals surface area (Å²) in [5, 5.41) is 0. The van der Waals surface area contributed by atoms with E-state index in [1.807, 2.05) is 65.3 Å². The number of hydrogen-bond acceptors (Lipinski definition) is 3. The summed E-state index contributed by atoms with van der Waals surface area (Å²) >= 11 is 0. The van der Waals surface area contributed by atoms with Crippen LogP contribution in [0.25, 0.3) is 0 Å². The van der Waals surface area contributed by atoms with Gasteiger partial charge >= 0.3 is 0 Å². The summed E-state index contributed by atoms with van der Waals surface area (Å²) in [6.45, 7) is 11.9. The highest BCUT2D eigenvalue weighted by Crippen LogP contribution is 2.19. The van der Waals surface area contributed by atoms with E-state index in [1.165, 1.54) is 0 Å². The van der Waals surface area contributed by atoms with Crippen molar-refractivity contribution in [3.05, 3.63) is 65.2 Å². The van der Waals surface area contributed by atoms with Gasteiger partial charge in [0.05, 0.1) is 0 Å². The second-order valence-electron chi connectivity index (χ2n) is 8.23. The molecule has 1 saturated heterocycles. The van der Waals surface area contributed by atoms with Crippen molar-refractivity contribution >= 4 is 17.5 Å². The molecule has 0 atom stereocenters. The number of hydrogen-bond donors (Lipinski definition) is 0. The van der Waals surface area contributed by atoms with Crippen LogP contribution in [-0.2, 0) is 0 Å². The number of amides is 2. The van der Waals surface area contributed by atoms with Gasteiger partial charge in [-0.05, 0) is 70.5 Å². The number of carbonyl (C=O) groups excluding carboxylic acids is 2. The Morgan fingerprint density at radius 3 is 2.03 bits per heavy atom. The summed E-state index contributed by atoms with van der Waals surface area (Å²) in [5.74, 6) is 0.0877. The van der Waals surface area contributed by atoms with Crippen LogP contribution in [0.4, 0.5) is 5.69 Å². The summed E-state index contributed by atoms with van der Waals surface area (Å²) in [6, 6.07) is 16.0. The highest BCUT2D eigenvalue weighted by molar-refractivity contribution is 5.95. The quantitative estimate of drug-likeness (QED) is 0.745. The Bertz CT molecular complexity index is 876. The van der Waals surface area contributed by atoms with Gasteiger partial charge in [0, 0.05) is 55.6 Å². The van der Waals surface area contributed by atoms with Crippen molar-refractivity contribution in [2.24, 2.45) is 0 Å². The SMILES string of the molecule is CCN(c1ccc(C(=O)N2CCCN(C(=O)c3cccc(C)c3)CC2)cc1)C(C)C. The molecule has 3 rings (SSSR count). The lowest BCUT2D eigenvalue weighted by molar-refractivity contribution is 0.0718. The molecule has 0 radical (unpaired) electrons. The minimum atomic E-state index is 0.0407. The second-order valence-corrected chi connectivity index (χ2v) is 8.23. The number of benzene rings is 2. The molecule has 5 heteroatoms. The van der Waals surface area contributed by atoms with Crippen molar-refractivity contribution in [3.8, 4) is 0 Å². The maximum Gasteiger partial charge on any atom is 0.253 e. The lowest BCUT2D eigenvalue weighted by Crippen LogP contribution is -2.37. The van der Waals surface area contributed by atoms with Gasteiger partial charge in [0.25, 0.3) is 11.8 Å². The topological polar surface area (TPSA) is 43.9 Å². The molecule has 0 aliphatic carbocycles. The van der Waals surface area contributed by atoms with Crippen molar-refractivity contribution in [2.75, 3.05) is 37.6 Å². The average molecular weight is 408 g/mol. The van der Waals surface area contributed by atoms with Crippen LogP contribution in [0.1, 0.15) is 53.5 Å². The highest BCUT2D eigenvalue weighted by Gasteiger charge is 2.23. The Balaban J connectivity index is 1.65. The lowest BCUT2D eigenvalue weighted by Gasteiger charge is -2.28. The maximum absolute atomic E-state index is 13.0. The molecule has 0 spiro atoms. The third-order valence-corrected chi connectivity index (χ3v) is 5.75. The second kappa shape index (κ2) is 9.79. The van der Waals surface area contributed by atoms with Gasteiger partial charge in [0.1, 0.15) is 0 Å². The van der Waals surface area contributed by atoms with Crippen molar-refractivity contribution in [1.29, 1.82) is 0 Å². The summed E-state index contributed by atoms with van der Waals surface area (Å²) in [6.07, 6.45) is 0.790. The van der Waals surface area contributed by atoms with Gasteiger partial charge < -0.3 is 14.7 Å². The molecule has 1 aliphatic heterocycles. The minimum absolute atomic E-state index is 0.0407. The van der Waals surface area contributed by atoms with Crippen LogP contribution in [0.15, 0.2) is 48.5 Å². The van der Waals surface area contributed by atoms with Crippen molar-refractivity contribution in [2.45, 2.75) is 40.2 Å². The van der Waals surface area contributed by atoms with Gasteiger partial charge in [0.2, 0.25) is 0 Å². The number of rotatable bonds is 5. The molecular formula is C25H33N3O2. The van der Waals surface area contributed by atoms with Gasteiger partial charge in [-0.25, -0.2) is 0 Å². The van der Waals surface area contributed by atoms with Crippen molar-refractivity contribution in [3.63, 3.8) is 0 Å². The zero-order valence-electron chi connectivity index (χ0n) is 18.6.